The Morgan fingerprint density at radius 2 is 1.80 bits per heavy atom. The van der Waals surface area contributed by atoms with E-state index in [0.717, 1.165) is 29.1 Å². The van der Waals surface area contributed by atoms with Crippen LogP contribution in [0, 0.1) is 34.5 Å². The summed E-state index contributed by atoms with van der Waals surface area (Å²) in [6, 6.07) is 0. The van der Waals surface area contributed by atoms with Crippen LogP contribution in [0.15, 0.2) is 12.2 Å². The average Bonchev–Trinajstić information content (AvgIpc) is 2.81. The molecular formula is C20H32. The van der Waals surface area contributed by atoms with E-state index in [1.165, 1.54) is 51.4 Å². The second kappa shape index (κ2) is 4.37. The number of fused-ring (bicyclic) bond motifs is 5. The number of rotatable bonds is 0. The molecule has 0 N–H and O–H groups in total. The van der Waals surface area contributed by atoms with Crippen molar-refractivity contribution in [2.45, 2.75) is 78.1 Å². The third-order valence-corrected chi connectivity index (χ3v) is 8.40. The first-order valence-corrected chi connectivity index (χ1v) is 9.20. The maximum atomic E-state index is 4.30. The van der Waals surface area contributed by atoms with Crippen molar-refractivity contribution in [3.8, 4) is 0 Å². The second-order valence-corrected chi connectivity index (χ2v) is 9.20. The molecule has 0 spiro atoms. The van der Waals surface area contributed by atoms with Gasteiger partial charge in [0, 0.05) is 0 Å². The van der Waals surface area contributed by atoms with Crippen LogP contribution >= 0.6 is 0 Å². The molecule has 0 aliphatic heterocycles. The molecule has 112 valence electrons. The van der Waals surface area contributed by atoms with Gasteiger partial charge in [0.25, 0.3) is 0 Å². The Morgan fingerprint density at radius 3 is 2.65 bits per heavy atom. The minimum Gasteiger partial charge on any atom is -0.0999 e. The monoisotopic (exact) mass is 272 g/mol. The summed E-state index contributed by atoms with van der Waals surface area (Å²) in [6.45, 7) is 9.59. The SMILES string of the molecule is C=C1CC[C@@]2(C)[C@@H](CC[C@@H]3[C@H]2CC[C@]2(C)CCC[C@@H]32)C1. The predicted molar refractivity (Wildman–Crippen MR) is 85.5 cm³/mol. The molecule has 4 saturated carbocycles. The number of hydrogen-bond acceptors (Lipinski definition) is 0. The highest BCUT2D eigenvalue weighted by molar-refractivity contribution is 5.12. The van der Waals surface area contributed by atoms with Crippen LogP contribution in [-0.2, 0) is 0 Å². The predicted octanol–water partition coefficient (Wildman–Crippen LogP) is 5.98. The third kappa shape index (κ3) is 1.72. The summed E-state index contributed by atoms with van der Waals surface area (Å²) in [5, 5.41) is 0. The Hall–Kier alpha value is -0.260. The first-order chi connectivity index (χ1) is 9.53. The molecule has 0 aromatic rings. The molecule has 0 radical (unpaired) electrons. The van der Waals surface area contributed by atoms with Crippen molar-refractivity contribution in [3.05, 3.63) is 12.2 Å². The fraction of sp³-hybridized carbons (Fsp3) is 0.900. The highest BCUT2D eigenvalue weighted by atomic mass is 14.6. The Balaban J connectivity index is 1.64. The molecule has 6 atom stereocenters. The van der Waals surface area contributed by atoms with Gasteiger partial charge in [0.2, 0.25) is 0 Å². The molecule has 4 aliphatic carbocycles. The van der Waals surface area contributed by atoms with Crippen LogP contribution in [0.1, 0.15) is 78.1 Å². The van der Waals surface area contributed by atoms with Crippen molar-refractivity contribution in [2.75, 3.05) is 0 Å². The standard InChI is InChI=1S/C20H32/c1-14-8-12-20(3)15(13-14)6-7-16-17-5-4-10-19(17,2)11-9-18(16)20/h15-18H,1,4-13H2,2-3H3/t15-,16-,17-,18+,19-,20-/m0/s1. The minimum atomic E-state index is 0.661. The molecule has 0 unspecified atom stereocenters. The number of allylic oxidation sites excluding steroid dienone is 1. The Labute approximate surface area is 125 Å². The van der Waals surface area contributed by atoms with Gasteiger partial charge in [-0.3, -0.25) is 0 Å². The van der Waals surface area contributed by atoms with E-state index < -0.39 is 0 Å². The zero-order valence-corrected chi connectivity index (χ0v) is 13.6. The molecule has 0 nitrogen and oxygen atoms in total. The summed E-state index contributed by atoms with van der Waals surface area (Å²) in [4.78, 5) is 0. The first-order valence-electron chi connectivity index (χ1n) is 9.20. The quantitative estimate of drug-likeness (QED) is 0.476. The van der Waals surface area contributed by atoms with Crippen LogP contribution in [-0.4, -0.2) is 0 Å². The van der Waals surface area contributed by atoms with E-state index in [-0.39, 0.29) is 0 Å². The highest BCUT2D eigenvalue weighted by Gasteiger charge is 2.57. The molecule has 0 bridgehead atoms. The molecule has 4 rings (SSSR count). The fourth-order valence-electron chi connectivity index (χ4n) is 7.15. The fourth-order valence-corrected chi connectivity index (χ4v) is 7.15. The van der Waals surface area contributed by atoms with Gasteiger partial charge in [0.05, 0.1) is 0 Å². The minimum absolute atomic E-state index is 0.661. The van der Waals surface area contributed by atoms with E-state index >= 15 is 0 Å². The third-order valence-electron chi connectivity index (χ3n) is 8.40. The number of hydrogen-bond donors (Lipinski definition) is 0. The van der Waals surface area contributed by atoms with Crippen LogP contribution in [0.3, 0.4) is 0 Å². The van der Waals surface area contributed by atoms with Gasteiger partial charge >= 0.3 is 0 Å². The highest BCUT2D eigenvalue weighted by Crippen LogP contribution is 2.66. The maximum absolute atomic E-state index is 4.30. The largest absolute Gasteiger partial charge is 0.0999 e. The lowest BCUT2D eigenvalue weighted by Gasteiger charge is -2.60. The topological polar surface area (TPSA) is 0 Å². The van der Waals surface area contributed by atoms with E-state index in [1.54, 1.807) is 18.4 Å². The first kappa shape index (κ1) is 13.4. The molecule has 0 heterocycles. The van der Waals surface area contributed by atoms with Crippen molar-refractivity contribution in [3.63, 3.8) is 0 Å². The zero-order chi connectivity index (χ0) is 14.0. The molecule has 0 aromatic carbocycles. The lowest BCUT2D eigenvalue weighted by Crippen LogP contribution is -2.51. The molecule has 0 aromatic heterocycles. The van der Waals surface area contributed by atoms with Crippen LogP contribution in [0.4, 0.5) is 0 Å². The van der Waals surface area contributed by atoms with E-state index in [1.807, 2.05) is 0 Å². The van der Waals surface area contributed by atoms with E-state index in [2.05, 4.69) is 20.4 Å². The van der Waals surface area contributed by atoms with Crippen molar-refractivity contribution in [1.29, 1.82) is 0 Å². The molecule has 20 heavy (non-hydrogen) atoms. The summed E-state index contributed by atoms with van der Waals surface area (Å²) in [5.74, 6) is 4.16. The lowest BCUT2D eigenvalue weighted by atomic mass is 9.45. The smallest absolute Gasteiger partial charge is 0.0260 e. The van der Waals surface area contributed by atoms with Crippen molar-refractivity contribution >= 4 is 0 Å². The average molecular weight is 272 g/mol. The zero-order valence-electron chi connectivity index (χ0n) is 13.6. The molecule has 0 heteroatoms. The molecule has 4 aliphatic rings. The Morgan fingerprint density at radius 1 is 0.950 bits per heavy atom. The molecule has 0 amide bonds. The van der Waals surface area contributed by atoms with E-state index in [4.69, 9.17) is 0 Å². The second-order valence-electron chi connectivity index (χ2n) is 9.20. The summed E-state index contributed by atoms with van der Waals surface area (Å²) in [5.41, 5.74) is 2.93. The summed E-state index contributed by atoms with van der Waals surface area (Å²) in [7, 11) is 0. The van der Waals surface area contributed by atoms with Gasteiger partial charge in [-0.1, -0.05) is 32.4 Å². The van der Waals surface area contributed by atoms with Crippen molar-refractivity contribution in [2.24, 2.45) is 34.5 Å². The van der Waals surface area contributed by atoms with Crippen LogP contribution < -0.4 is 0 Å². The van der Waals surface area contributed by atoms with Gasteiger partial charge in [-0.15, -0.1) is 0 Å². The lowest BCUT2D eigenvalue weighted by molar-refractivity contribution is -0.0963. The van der Waals surface area contributed by atoms with Gasteiger partial charge in [-0.05, 0) is 92.3 Å². The van der Waals surface area contributed by atoms with Gasteiger partial charge < -0.3 is 0 Å². The Kier molecular flexibility index (Phi) is 2.93. The van der Waals surface area contributed by atoms with Crippen molar-refractivity contribution in [1.82, 2.24) is 0 Å². The molecule has 0 saturated heterocycles. The maximum Gasteiger partial charge on any atom is -0.0260 e. The van der Waals surface area contributed by atoms with Crippen LogP contribution in [0.5, 0.6) is 0 Å². The van der Waals surface area contributed by atoms with Crippen molar-refractivity contribution < 1.29 is 0 Å². The molecule has 4 fully saturated rings. The Bertz CT molecular complexity index is 422. The van der Waals surface area contributed by atoms with Gasteiger partial charge in [-0.2, -0.15) is 0 Å². The van der Waals surface area contributed by atoms with Crippen LogP contribution in [0.2, 0.25) is 0 Å². The summed E-state index contributed by atoms with van der Waals surface area (Å²) >= 11 is 0. The van der Waals surface area contributed by atoms with E-state index in [9.17, 15) is 0 Å². The van der Waals surface area contributed by atoms with Gasteiger partial charge in [0.1, 0.15) is 0 Å². The van der Waals surface area contributed by atoms with Gasteiger partial charge in [0.15, 0.2) is 0 Å². The molecular weight excluding hydrogens is 240 g/mol. The summed E-state index contributed by atoms with van der Waals surface area (Å²) < 4.78 is 0. The van der Waals surface area contributed by atoms with Crippen LogP contribution in [0.25, 0.3) is 0 Å². The summed E-state index contributed by atoms with van der Waals surface area (Å²) in [6.07, 6.45) is 14.8. The van der Waals surface area contributed by atoms with E-state index in [0.29, 0.717) is 5.41 Å². The van der Waals surface area contributed by atoms with Gasteiger partial charge in [-0.25, -0.2) is 0 Å². The normalized spacial score (nSPS) is 55.0.